The van der Waals surface area contributed by atoms with Crippen molar-refractivity contribution in [3.8, 4) is 17.0 Å². The number of nitrogens with zero attached hydrogens (tertiary/aromatic N) is 3. The highest BCUT2D eigenvalue weighted by Crippen LogP contribution is 2.33. The number of carbonyl (C=O) groups is 2. The Morgan fingerprint density at radius 1 is 1.11 bits per heavy atom. The lowest BCUT2D eigenvalue weighted by atomic mass is 10.0. The fourth-order valence-corrected chi connectivity index (χ4v) is 6.31. The standard InChI is InChI=1S/C26H25N5O5S/c1-15-23-20(26(33)29-21-6-4-3-5-19(21)24(27)32)13-22(16-7-9-18(36-2)10-8-16)28-25(23)31(30-15)17-11-12-37(34,35)14-17/h3-10,13,17H,11-12,14H2,1-2H3,(H2,27,32)(H,29,33). The monoisotopic (exact) mass is 519 g/mol. The summed E-state index contributed by atoms with van der Waals surface area (Å²) in [4.78, 5) is 30.3. The second-order valence-corrected chi connectivity index (χ2v) is 11.2. The van der Waals surface area contributed by atoms with Gasteiger partial charge in [0.15, 0.2) is 15.5 Å². The number of carbonyl (C=O) groups excluding carboxylic acids is 2. The van der Waals surface area contributed by atoms with Gasteiger partial charge < -0.3 is 15.8 Å². The van der Waals surface area contributed by atoms with E-state index >= 15 is 0 Å². The van der Waals surface area contributed by atoms with Crippen LogP contribution >= 0.6 is 0 Å². The first-order chi connectivity index (χ1) is 17.7. The summed E-state index contributed by atoms with van der Waals surface area (Å²) in [5.74, 6) is -0.430. The van der Waals surface area contributed by atoms with Crippen molar-refractivity contribution < 1.29 is 22.7 Å². The summed E-state index contributed by atoms with van der Waals surface area (Å²) in [6.07, 6.45) is 0.417. The summed E-state index contributed by atoms with van der Waals surface area (Å²) >= 11 is 0. The number of primary amides is 1. The quantitative estimate of drug-likeness (QED) is 0.398. The zero-order valence-corrected chi connectivity index (χ0v) is 21.1. The van der Waals surface area contributed by atoms with Gasteiger partial charge in [0, 0.05) is 5.56 Å². The number of fused-ring (bicyclic) bond motifs is 1. The SMILES string of the molecule is COc1ccc(-c2cc(C(=O)Nc3ccccc3C(N)=O)c3c(C)nn(C4CCS(=O)(=O)C4)c3n2)cc1. The summed E-state index contributed by atoms with van der Waals surface area (Å²) in [6.45, 7) is 1.76. The van der Waals surface area contributed by atoms with Crippen molar-refractivity contribution >= 4 is 38.4 Å². The van der Waals surface area contributed by atoms with Crippen molar-refractivity contribution in [1.29, 1.82) is 0 Å². The van der Waals surface area contributed by atoms with Crippen LogP contribution in [0.25, 0.3) is 22.3 Å². The smallest absolute Gasteiger partial charge is 0.256 e. The molecule has 0 aliphatic carbocycles. The van der Waals surface area contributed by atoms with Crippen LogP contribution in [0.15, 0.2) is 54.6 Å². The van der Waals surface area contributed by atoms with Gasteiger partial charge in [-0.05, 0) is 55.8 Å². The lowest BCUT2D eigenvalue weighted by molar-refractivity contribution is 0.100. The Bertz CT molecular complexity index is 1640. The van der Waals surface area contributed by atoms with Crippen molar-refractivity contribution in [2.75, 3.05) is 23.9 Å². The number of para-hydroxylation sites is 1. The van der Waals surface area contributed by atoms with Crippen LogP contribution in [0.2, 0.25) is 0 Å². The molecule has 0 bridgehead atoms. The first-order valence-corrected chi connectivity index (χ1v) is 13.4. The summed E-state index contributed by atoms with van der Waals surface area (Å²) in [7, 11) is -1.61. The third kappa shape index (κ3) is 4.65. The van der Waals surface area contributed by atoms with E-state index in [1.54, 1.807) is 55.1 Å². The molecule has 3 heterocycles. The number of amides is 2. The van der Waals surface area contributed by atoms with Crippen LogP contribution < -0.4 is 15.8 Å². The van der Waals surface area contributed by atoms with E-state index in [1.165, 1.54) is 6.07 Å². The first-order valence-electron chi connectivity index (χ1n) is 11.6. The molecule has 0 spiro atoms. The van der Waals surface area contributed by atoms with E-state index in [-0.39, 0.29) is 28.8 Å². The minimum atomic E-state index is -3.18. The second-order valence-electron chi connectivity index (χ2n) is 8.93. The van der Waals surface area contributed by atoms with Crippen molar-refractivity contribution in [3.63, 3.8) is 0 Å². The minimum Gasteiger partial charge on any atom is -0.497 e. The van der Waals surface area contributed by atoms with E-state index in [9.17, 15) is 18.0 Å². The molecule has 1 saturated heterocycles. The van der Waals surface area contributed by atoms with Crippen molar-refractivity contribution in [2.24, 2.45) is 5.73 Å². The predicted octanol–water partition coefficient (Wildman–Crippen LogP) is 3.13. The zero-order valence-electron chi connectivity index (χ0n) is 20.3. The Labute approximate surface area is 213 Å². The van der Waals surface area contributed by atoms with Gasteiger partial charge in [-0.25, -0.2) is 18.1 Å². The number of methoxy groups -OCH3 is 1. The van der Waals surface area contributed by atoms with E-state index in [2.05, 4.69) is 10.4 Å². The molecule has 1 aliphatic heterocycles. The Morgan fingerprint density at radius 3 is 2.49 bits per heavy atom. The highest BCUT2D eigenvalue weighted by Gasteiger charge is 2.32. The van der Waals surface area contributed by atoms with Gasteiger partial charge in [0.25, 0.3) is 11.8 Å². The molecule has 0 saturated carbocycles. The molecule has 0 radical (unpaired) electrons. The van der Waals surface area contributed by atoms with Crippen LogP contribution in [0, 0.1) is 6.92 Å². The van der Waals surface area contributed by atoms with Crippen molar-refractivity contribution in [3.05, 3.63) is 71.4 Å². The van der Waals surface area contributed by atoms with E-state index < -0.39 is 21.7 Å². The maximum Gasteiger partial charge on any atom is 0.256 e. The molecule has 5 rings (SSSR count). The summed E-state index contributed by atoms with van der Waals surface area (Å²) in [5, 5.41) is 7.92. The van der Waals surface area contributed by atoms with E-state index in [0.29, 0.717) is 40.2 Å². The average molecular weight is 520 g/mol. The number of hydrogen-bond acceptors (Lipinski definition) is 7. The molecular weight excluding hydrogens is 494 g/mol. The van der Waals surface area contributed by atoms with Crippen LogP contribution in [-0.4, -0.2) is 53.6 Å². The number of hydrogen-bond donors (Lipinski definition) is 2. The largest absolute Gasteiger partial charge is 0.497 e. The van der Waals surface area contributed by atoms with Gasteiger partial charge in [-0.2, -0.15) is 5.10 Å². The number of pyridine rings is 1. The third-order valence-electron chi connectivity index (χ3n) is 6.46. The molecule has 37 heavy (non-hydrogen) atoms. The van der Waals surface area contributed by atoms with E-state index in [1.807, 2.05) is 12.1 Å². The predicted molar refractivity (Wildman–Crippen MR) is 139 cm³/mol. The average Bonchev–Trinajstić information content (AvgIpc) is 3.42. The number of aryl methyl sites for hydroxylation is 1. The molecule has 2 aromatic carbocycles. The van der Waals surface area contributed by atoms with Crippen LogP contribution in [0.4, 0.5) is 5.69 Å². The summed E-state index contributed by atoms with van der Waals surface area (Å²) in [5.41, 5.74) is 8.44. The lowest BCUT2D eigenvalue weighted by Gasteiger charge is -2.13. The Kier molecular flexibility index (Phi) is 6.16. The van der Waals surface area contributed by atoms with Gasteiger partial charge in [0.2, 0.25) is 0 Å². The number of nitrogens with one attached hydrogen (secondary N) is 1. The third-order valence-corrected chi connectivity index (χ3v) is 8.21. The number of nitrogens with two attached hydrogens (primary N) is 1. The van der Waals surface area contributed by atoms with Gasteiger partial charge in [-0.3, -0.25) is 9.59 Å². The molecule has 11 heteroatoms. The van der Waals surface area contributed by atoms with Crippen molar-refractivity contribution in [1.82, 2.24) is 14.8 Å². The van der Waals surface area contributed by atoms with Crippen LogP contribution in [0.1, 0.15) is 38.9 Å². The summed E-state index contributed by atoms with van der Waals surface area (Å²) in [6, 6.07) is 15.0. The summed E-state index contributed by atoms with van der Waals surface area (Å²) < 4.78 is 31.3. The number of anilines is 1. The molecule has 1 fully saturated rings. The molecule has 190 valence electrons. The fourth-order valence-electron chi connectivity index (χ4n) is 4.62. The fraction of sp³-hybridized carbons (Fsp3) is 0.231. The Hall–Kier alpha value is -4.25. The molecule has 1 atom stereocenters. The van der Waals surface area contributed by atoms with Crippen LogP contribution in [0.5, 0.6) is 5.75 Å². The van der Waals surface area contributed by atoms with Gasteiger partial charge in [-0.1, -0.05) is 12.1 Å². The molecular formula is C26H25N5O5S. The van der Waals surface area contributed by atoms with Crippen LogP contribution in [0.3, 0.4) is 0 Å². The Balaban J connectivity index is 1.67. The van der Waals surface area contributed by atoms with Gasteiger partial charge >= 0.3 is 0 Å². The highest BCUT2D eigenvalue weighted by atomic mass is 32.2. The number of sulfone groups is 1. The molecule has 1 aliphatic rings. The highest BCUT2D eigenvalue weighted by molar-refractivity contribution is 7.91. The van der Waals surface area contributed by atoms with E-state index in [4.69, 9.17) is 15.5 Å². The number of rotatable bonds is 6. The molecule has 2 amide bonds. The number of aromatic nitrogens is 3. The molecule has 1 unspecified atom stereocenters. The van der Waals surface area contributed by atoms with Gasteiger partial charge in [-0.15, -0.1) is 0 Å². The topological polar surface area (TPSA) is 146 Å². The second kappa shape index (κ2) is 9.32. The minimum absolute atomic E-state index is 0.0365. The number of ether oxygens (including phenoxy) is 1. The van der Waals surface area contributed by atoms with Gasteiger partial charge in [0.05, 0.1) is 58.2 Å². The molecule has 10 nitrogen and oxygen atoms in total. The van der Waals surface area contributed by atoms with E-state index in [0.717, 1.165) is 5.56 Å². The lowest BCUT2D eigenvalue weighted by Crippen LogP contribution is -2.19. The molecule has 3 N–H and O–H groups in total. The zero-order chi connectivity index (χ0) is 26.3. The molecule has 2 aromatic heterocycles. The van der Waals surface area contributed by atoms with Crippen LogP contribution in [-0.2, 0) is 9.84 Å². The maximum absolute atomic E-state index is 13.6. The normalized spacial score (nSPS) is 16.5. The number of benzene rings is 2. The Morgan fingerprint density at radius 2 is 1.84 bits per heavy atom. The molecule has 4 aromatic rings. The first kappa shape index (κ1) is 24.4. The van der Waals surface area contributed by atoms with Gasteiger partial charge in [0.1, 0.15) is 5.75 Å². The van der Waals surface area contributed by atoms with Crippen molar-refractivity contribution in [2.45, 2.75) is 19.4 Å². The maximum atomic E-state index is 13.6.